The number of carbonyl (C=O) groups excluding carboxylic acids is 2. The molecular weight excluding hydrogens is 208 g/mol. The highest BCUT2D eigenvalue weighted by atomic mass is 32.2. The molecule has 1 aliphatic heterocycles. The molecule has 1 atom stereocenters. The molecule has 0 bridgehead atoms. The van der Waals surface area contributed by atoms with Crippen LogP contribution in [0.5, 0.6) is 0 Å². The number of Topliss-reactive ketones (excluding diaryl/α,β-unsaturated/α-hetero) is 1. The van der Waals surface area contributed by atoms with Crippen molar-refractivity contribution in [2.45, 2.75) is 18.8 Å². The summed E-state index contributed by atoms with van der Waals surface area (Å²) in [5.41, 5.74) is -0.135. The average molecular weight is 220 g/mol. The fourth-order valence-corrected chi connectivity index (χ4v) is 3.24. The van der Waals surface area contributed by atoms with Crippen LogP contribution in [-0.4, -0.2) is 34.4 Å². The van der Waals surface area contributed by atoms with Gasteiger partial charge in [-0.05, 0) is 17.9 Å². The monoisotopic (exact) mass is 220 g/mol. The van der Waals surface area contributed by atoms with Gasteiger partial charge in [-0.1, -0.05) is 0 Å². The molecule has 1 heterocycles. The lowest BCUT2D eigenvalue weighted by molar-refractivity contribution is -0.153. The molecule has 0 aromatic heterocycles. The van der Waals surface area contributed by atoms with E-state index in [2.05, 4.69) is 0 Å². The highest BCUT2D eigenvalue weighted by Gasteiger charge is 2.19. The topological polar surface area (TPSA) is 43.4 Å². The summed E-state index contributed by atoms with van der Waals surface area (Å²) < 4.78 is 4.99. The van der Waals surface area contributed by atoms with E-state index in [9.17, 15) is 9.59 Å². The van der Waals surface area contributed by atoms with E-state index in [0.717, 1.165) is 23.7 Å². The molecule has 0 N–H and O–H groups in total. The van der Waals surface area contributed by atoms with Gasteiger partial charge in [-0.25, -0.2) is 4.79 Å². The van der Waals surface area contributed by atoms with Crippen LogP contribution in [0.1, 0.15) is 13.3 Å². The van der Waals surface area contributed by atoms with Crippen LogP contribution in [0.2, 0.25) is 0 Å². The van der Waals surface area contributed by atoms with Gasteiger partial charge in [0.05, 0.1) is 0 Å². The van der Waals surface area contributed by atoms with Crippen LogP contribution in [0.4, 0.5) is 0 Å². The Balaban J connectivity index is 2.33. The van der Waals surface area contributed by atoms with E-state index in [0.29, 0.717) is 0 Å². The lowest BCUT2D eigenvalue weighted by atomic mass is 10.5. The molecular formula is C8H12O3S2. The molecule has 13 heavy (non-hydrogen) atoms. The first-order valence-corrected chi connectivity index (χ1v) is 6.31. The molecule has 1 unspecified atom stereocenters. The molecule has 0 aliphatic carbocycles. The third kappa shape index (κ3) is 4.04. The van der Waals surface area contributed by atoms with Gasteiger partial charge in [0.15, 0.2) is 5.44 Å². The smallest absolute Gasteiger partial charge is 0.375 e. The van der Waals surface area contributed by atoms with Gasteiger partial charge in [0.1, 0.15) is 0 Å². The van der Waals surface area contributed by atoms with Crippen molar-refractivity contribution in [2.24, 2.45) is 0 Å². The van der Waals surface area contributed by atoms with E-state index in [1.54, 1.807) is 23.5 Å². The first-order valence-electron chi connectivity index (χ1n) is 4.11. The van der Waals surface area contributed by atoms with Crippen molar-refractivity contribution in [1.82, 2.24) is 0 Å². The lowest BCUT2D eigenvalue weighted by Gasteiger charge is -2.12. The number of rotatable bonds is 2. The zero-order valence-electron chi connectivity index (χ0n) is 7.45. The Morgan fingerprint density at radius 3 is 2.85 bits per heavy atom. The number of hydrogen-bond donors (Lipinski definition) is 0. The van der Waals surface area contributed by atoms with E-state index in [4.69, 9.17) is 4.74 Å². The first-order chi connectivity index (χ1) is 6.20. The summed E-state index contributed by atoms with van der Waals surface area (Å²) in [6.45, 7) is 1.23. The number of ketones is 1. The molecule has 1 saturated heterocycles. The fourth-order valence-electron chi connectivity index (χ4n) is 0.874. The molecule has 0 radical (unpaired) electrons. The van der Waals surface area contributed by atoms with Crippen LogP contribution in [-0.2, 0) is 14.3 Å². The van der Waals surface area contributed by atoms with Crippen LogP contribution in [0.25, 0.3) is 0 Å². The van der Waals surface area contributed by atoms with E-state index < -0.39 is 11.8 Å². The Morgan fingerprint density at radius 2 is 2.15 bits per heavy atom. The van der Waals surface area contributed by atoms with Crippen LogP contribution in [0, 0.1) is 0 Å². The second kappa shape index (κ2) is 5.54. The summed E-state index contributed by atoms with van der Waals surface area (Å²) in [4.78, 5) is 21.5. The normalized spacial score (nSPS) is 23.3. The van der Waals surface area contributed by atoms with E-state index in [1.807, 2.05) is 0 Å². The van der Waals surface area contributed by atoms with E-state index >= 15 is 0 Å². The van der Waals surface area contributed by atoms with Gasteiger partial charge >= 0.3 is 5.97 Å². The van der Waals surface area contributed by atoms with Crippen molar-refractivity contribution >= 4 is 35.3 Å². The van der Waals surface area contributed by atoms with Crippen molar-refractivity contribution < 1.29 is 14.3 Å². The maximum Gasteiger partial charge on any atom is 0.375 e. The molecule has 74 valence electrons. The number of carbonyl (C=O) groups is 2. The Kier molecular flexibility index (Phi) is 4.66. The molecule has 0 spiro atoms. The maximum atomic E-state index is 10.9. The van der Waals surface area contributed by atoms with Crippen molar-refractivity contribution in [3.63, 3.8) is 0 Å². The van der Waals surface area contributed by atoms with Gasteiger partial charge in [-0.15, -0.1) is 11.8 Å². The van der Waals surface area contributed by atoms with Gasteiger partial charge in [-0.2, -0.15) is 11.8 Å². The van der Waals surface area contributed by atoms with Gasteiger partial charge < -0.3 is 4.74 Å². The summed E-state index contributed by atoms with van der Waals surface area (Å²) in [5, 5.41) is 0. The predicted molar refractivity (Wildman–Crippen MR) is 55.0 cm³/mol. The zero-order valence-corrected chi connectivity index (χ0v) is 9.08. The molecule has 0 aromatic carbocycles. The number of esters is 1. The van der Waals surface area contributed by atoms with Crippen molar-refractivity contribution in [1.29, 1.82) is 0 Å². The second-order valence-corrected chi connectivity index (χ2v) is 5.11. The lowest BCUT2D eigenvalue weighted by Crippen LogP contribution is -2.21. The van der Waals surface area contributed by atoms with Crippen molar-refractivity contribution in [3.05, 3.63) is 0 Å². The second-order valence-electron chi connectivity index (χ2n) is 2.69. The molecule has 1 rings (SSSR count). The standard InChI is InChI=1S/C8H12O3S2/c1-6(9)8(10)11-7-5-12-3-2-4-13-7/h7H,2-5H2,1H3. The average Bonchev–Trinajstić information content (AvgIpc) is 2.32. The third-order valence-electron chi connectivity index (χ3n) is 1.52. The Hall–Kier alpha value is -0.160. The number of thioether (sulfide) groups is 2. The summed E-state index contributed by atoms with van der Waals surface area (Å²) >= 11 is 3.38. The Labute approximate surface area is 86.0 Å². The third-order valence-corrected chi connectivity index (χ3v) is 4.00. The number of ether oxygens (including phenoxy) is 1. The van der Waals surface area contributed by atoms with Gasteiger partial charge in [0.25, 0.3) is 0 Å². The highest BCUT2D eigenvalue weighted by Crippen LogP contribution is 2.24. The fraction of sp³-hybridized carbons (Fsp3) is 0.750. The van der Waals surface area contributed by atoms with Crippen molar-refractivity contribution in [2.75, 3.05) is 17.3 Å². The molecule has 1 aliphatic rings. The van der Waals surface area contributed by atoms with Crippen molar-refractivity contribution in [3.8, 4) is 0 Å². The summed E-state index contributed by atoms with van der Waals surface area (Å²) in [5.74, 6) is 1.68. The van der Waals surface area contributed by atoms with Crippen LogP contribution < -0.4 is 0 Å². The van der Waals surface area contributed by atoms with Crippen LogP contribution in [0.3, 0.4) is 0 Å². The van der Waals surface area contributed by atoms with Gasteiger partial charge in [0.2, 0.25) is 5.78 Å². The molecule has 1 fully saturated rings. The highest BCUT2D eigenvalue weighted by molar-refractivity contribution is 8.03. The minimum Gasteiger partial charge on any atom is -0.445 e. The Bertz CT molecular complexity index is 198. The minimum absolute atomic E-state index is 0.135. The molecule has 0 amide bonds. The largest absolute Gasteiger partial charge is 0.445 e. The van der Waals surface area contributed by atoms with Gasteiger partial charge in [0, 0.05) is 12.7 Å². The first kappa shape index (κ1) is 10.9. The van der Waals surface area contributed by atoms with Crippen LogP contribution >= 0.6 is 23.5 Å². The van der Waals surface area contributed by atoms with Crippen LogP contribution in [0.15, 0.2) is 0 Å². The zero-order chi connectivity index (χ0) is 9.68. The molecule has 0 saturated carbocycles. The van der Waals surface area contributed by atoms with E-state index in [-0.39, 0.29) is 5.44 Å². The summed E-state index contributed by atoms with van der Waals surface area (Å²) in [6.07, 6.45) is 1.14. The van der Waals surface area contributed by atoms with Gasteiger partial charge in [-0.3, -0.25) is 4.79 Å². The molecule has 0 aromatic rings. The SMILES string of the molecule is CC(=O)C(=O)OC1CSCCCS1. The Morgan fingerprint density at radius 1 is 1.38 bits per heavy atom. The molecule has 5 heteroatoms. The summed E-state index contributed by atoms with van der Waals surface area (Å²) in [6, 6.07) is 0. The maximum absolute atomic E-state index is 10.9. The minimum atomic E-state index is -0.708. The quantitative estimate of drug-likeness (QED) is 0.518. The van der Waals surface area contributed by atoms with E-state index in [1.165, 1.54) is 6.92 Å². The summed E-state index contributed by atoms with van der Waals surface area (Å²) in [7, 11) is 0. The predicted octanol–water partition coefficient (Wildman–Crippen LogP) is 1.31. The number of hydrogen-bond acceptors (Lipinski definition) is 5. The molecule has 3 nitrogen and oxygen atoms in total.